The quantitative estimate of drug-likeness (QED) is 0.751. The zero-order chi connectivity index (χ0) is 12.3. The Balaban J connectivity index is 1.77. The summed E-state index contributed by atoms with van der Waals surface area (Å²) in [7, 11) is 0. The third-order valence-electron chi connectivity index (χ3n) is 2.73. The van der Waals surface area contributed by atoms with E-state index in [2.05, 4.69) is 11.9 Å². The van der Waals surface area contributed by atoms with Crippen molar-refractivity contribution in [2.24, 2.45) is 0 Å². The molecule has 90 valence electrons. The van der Waals surface area contributed by atoms with E-state index in [1.54, 1.807) is 0 Å². The number of para-hydroxylation sites is 1. The van der Waals surface area contributed by atoms with E-state index in [1.165, 1.54) is 5.56 Å². The van der Waals surface area contributed by atoms with Crippen molar-refractivity contribution in [2.75, 3.05) is 13.1 Å². The summed E-state index contributed by atoms with van der Waals surface area (Å²) in [6, 6.07) is 7.93. The van der Waals surface area contributed by atoms with E-state index < -0.39 is 5.97 Å². The molecule has 0 spiro atoms. The van der Waals surface area contributed by atoms with Gasteiger partial charge < -0.3 is 15.2 Å². The van der Waals surface area contributed by atoms with Gasteiger partial charge in [0.2, 0.25) is 0 Å². The molecule has 1 heterocycles. The van der Waals surface area contributed by atoms with Gasteiger partial charge in [0.15, 0.2) is 0 Å². The van der Waals surface area contributed by atoms with Crippen LogP contribution < -0.4 is 10.1 Å². The van der Waals surface area contributed by atoms with Crippen LogP contribution in [0.3, 0.4) is 0 Å². The van der Waals surface area contributed by atoms with Crippen molar-refractivity contribution >= 4 is 5.97 Å². The topological polar surface area (TPSA) is 58.6 Å². The minimum Gasteiger partial charge on any atom is -0.488 e. The lowest BCUT2D eigenvalue weighted by Gasteiger charge is -2.11. The minimum atomic E-state index is -0.965. The Labute approximate surface area is 99.9 Å². The van der Waals surface area contributed by atoms with Gasteiger partial charge in [-0.05, 0) is 11.6 Å². The largest absolute Gasteiger partial charge is 0.488 e. The second-order valence-electron chi connectivity index (χ2n) is 4.09. The van der Waals surface area contributed by atoms with E-state index in [0.717, 1.165) is 12.2 Å². The molecule has 2 rings (SSSR count). The Hall–Kier alpha value is -1.81. The van der Waals surface area contributed by atoms with Gasteiger partial charge in [0, 0.05) is 25.1 Å². The fourth-order valence-corrected chi connectivity index (χ4v) is 1.83. The first kappa shape index (κ1) is 11.7. The van der Waals surface area contributed by atoms with Crippen LogP contribution in [-0.2, 0) is 11.2 Å². The normalized spacial score (nSPS) is 17.3. The zero-order valence-corrected chi connectivity index (χ0v) is 9.48. The van der Waals surface area contributed by atoms with Crippen molar-refractivity contribution in [3.05, 3.63) is 42.0 Å². The molecule has 4 nitrogen and oxygen atoms in total. The molecule has 4 heteroatoms. The molecule has 1 aliphatic heterocycles. The van der Waals surface area contributed by atoms with Gasteiger partial charge in [-0.1, -0.05) is 24.8 Å². The molecule has 1 aromatic carbocycles. The molecule has 1 atom stereocenters. The molecule has 0 aromatic heterocycles. The number of ether oxygens (including phenoxy) is 1. The maximum absolute atomic E-state index is 10.5. The van der Waals surface area contributed by atoms with Crippen LogP contribution in [0.15, 0.2) is 36.4 Å². The summed E-state index contributed by atoms with van der Waals surface area (Å²) in [4.78, 5) is 10.5. The average Bonchev–Trinajstić information content (AvgIpc) is 2.71. The molecule has 0 bridgehead atoms. The summed E-state index contributed by atoms with van der Waals surface area (Å²) >= 11 is 0. The molecule has 17 heavy (non-hydrogen) atoms. The van der Waals surface area contributed by atoms with E-state index in [4.69, 9.17) is 9.84 Å². The highest BCUT2D eigenvalue weighted by atomic mass is 16.5. The fraction of sp³-hybridized carbons (Fsp3) is 0.308. The van der Waals surface area contributed by atoms with Gasteiger partial charge in [-0.3, -0.25) is 0 Å². The van der Waals surface area contributed by atoms with Gasteiger partial charge in [-0.15, -0.1) is 0 Å². The summed E-state index contributed by atoms with van der Waals surface area (Å²) in [6.07, 6.45) is 0.942. The second kappa shape index (κ2) is 5.01. The molecule has 1 aromatic rings. The molecule has 0 saturated heterocycles. The summed E-state index contributed by atoms with van der Waals surface area (Å²) in [5.41, 5.74) is 1.37. The number of aliphatic carboxylic acids is 1. The van der Waals surface area contributed by atoms with Crippen LogP contribution >= 0.6 is 0 Å². The predicted octanol–water partition coefficient (Wildman–Crippen LogP) is 1.22. The standard InChI is InChI=1S/C13H15NO3/c1-9(13(15)16)7-14-8-11-6-10-4-2-3-5-12(10)17-11/h2-5,11,14H,1,6-8H2,(H,15,16). The summed E-state index contributed by atoms with van der Waals surface area (Å²) in [5, 5.41) is 11.7. The highest BCUT2D eigenvalue weighted by Gasteiger charge is 2.21. The summed E-state index contributed by atoms with van der Waals surface area (Å²) in [6.45, 7) is 4.36. The average molecular weight is 233 g/mol. The van der Waals surface area contributed by atoms with E-state index in [-0.39, 0.29) is 18.2 Å². The smallest absolute Gasteiger partial charge is 0.332 e. The van der Waals surface area contributed by atoms with Crippen molar-refractivity contribution in [1.29, 1.82) is 0 Å². The first-order chi connectivity index (χ1) is 8.16. The van der Waals surface area contributed by atoms with Crippen LogP contribution in [-0.4, -0.2) is 30.3 Å². The minimum absolute atomic E-state index is 0.0778. The molecular weight excluding hydrogens is 218 g/mol. The summed E-state index contributed by atoms with van der Waals surface area (Å²) in [5.74, 6) is -0.0375. The molecule has 0 fully saturated rings. The molecule has 0 saturated carbocycles. The van der Waals surface area contributed by atoms with Crippen LogP contribution in [0.4, 0.5) is 0 Å². The van der Waals surface area contributed by atoms with Gasteiger partial charge in [0.05, 0.1) is 0 Å². The van der Waals surface area contributed by atoms with E-state index in [9.17, 15) is 4.79 Å². The lowest BCUT2D eigenvalue weighted by Crippen LogP contribution is -2.32. The van der Waals surface area contributed by atoms with Gasteiger partial charge in [-0.25, -0.2) is 4.79 Å². The predicted molar refractivity (Wildman–Crippen MR) is 64.2 cm³/mol. The number of nitrogens with one attached hydrogen (secondary N) is 1. The molecule has 2 N–H and O–H groups in total. The number of carboxylic acid groups (broad SMARTS) is 1. The Kier molecular flexibility index (Phi) is 3.44. The molecule has 1 unspecified atom stereocenters. The van der Waals surface area contributed by atoms with Gasteiger partial charge in [-0.2, -0.15) is 0 Å². The Morgan fingerprint density at radius 2 is 2.29 bits per heavy atom. The molecule has 0 radical (unpaired) electrons. The highest BCUT2D eigenvalue weighted by molar-refractivity contribution is 5.86. The van der Waals surface area contributed by atoms with Crippen LogP contribution in [0.5, 0.6) is 5.75 Å². The molecule has 0 amide bonds. The summed E-state index contributed by atoms with van der Waals surface area (Å²) < 4.78 is 5.71. The van der Waals surface area contributed by atoms with Crippen LogP contribution in [0.25, 0.3) is 0 Å². The van der Waals surface area contributed by atoms with Crippen molar-refractivity contribution in [3.8, 4) is 5.75 Å². The van der Waals surface area contributed by atoms with Crippen molar-refractivity contribution in [1.82, 2.24) is 5.32 Å². The van der Waals surface area contributed by atoms with Crippen LogP contribution in [0.1, 0.15) is 5.56 Å². The first-order valence-electron chi connectivity index (χ1n) is 5.53. The van der Waals surface area contributed by atoms with Gasteiger partial charge >= 0.3 is 5.97 Å². The Morgan fingerprint density at radius 1 is 1.53 bits per heavy atom. The number of rotatable bonds is 5. The second-order valence-corrected chi connectivity index (χ2v) is 4.09. The fourth-order valence-electron chi connectivity index (χ4n) is 1.83. The monoisotopic (exact) mass is 233 g/mol. The SMILES string of the molecule is C=C(CNCC1Cc2ccccc2O1)C(=O)O. The molecule has 0 aliphatic carbocycles. The Morgan fingerprint density at radius 3 is 3.00 bits per heavy atom. The van der Waals surface area contributed by atoms with E-state index >= 15 is 0 Å². The number of carbonyl (C=O) groups is 1. The zero-order valence-electron chi connectivity index (χ0n) is 9.48. The lowest BCUT2D eigenvalue weighted by molar-refractivity contribution is -0.132. The van der Waals surface area contributed by atoms with E-state index in [1.807, 2.05) is 24.3 Å². The number of fused-ring (bicyclic) bond motifs is 1. The maximum atomic E-state index is 10.5. The highest BCUT2D eigenvalue weighted by Crippen LogP contribution is 2.27. The number of benzene rings is 1. The first-order valence-corrected chi connectivity index (χ1v) is 5.53. The Bertz CT molecular complexity index is 417. The third kappa shape index (κ3) is 2.85. The number of carboxylic acids is 1. The van der Waals surface area contributed by atoms with Crippen molar-refractivity contribution in [3.63, 3.8) is 0 Å². The number of hydrogen-bond acceptors (Lipinski definition) is 3. The maximum Gasteiger partial charge on any atom is 0.332 e. The van der Waals surface area contributed by atoms with Gasteiger partial charge in [0.1, 0.15) is 11.9 Å². The molecular formula is C13H15NO3. The lowest BCUT2D eigenvalue weighted by atomic mass is 10.1. The van der Waals surface area contributed by atoms with Crippen molar-refractivity contribution < 1.29 is 14.6 Å². The number of hydrogen-bond donors (Lipinski definition) is 2. The van der Waals surface area contributed by atoms with Crippen molar-refractivity contribution in [2.45, 2.75) is 12.5 Å². The third-order valence-corrected chi connectivity index (χ3v) is 2.73. The van der Waals surface area contributed by atoms with Gasteiger partial charge in [0.25, 0.3) is 0 Å². The van der Waals surface area contributed by atoms with E-state index in [0.29, 0.717) is 6.54 Å². The van der Waals surface area contributed by atoms with Crippen LogP contribution in [0, 0.1) is 0 Å². The van der Waals surface area contributed by atoms with Crippen LogP contribution in [0.2, 0.25) is 0 Å². The molecule has 1 aliphatic rings.